The van der Waals surface area contributed by atoms with E-state index in [4.69, 9.17) is 9.47 Å². The zero-order chi connectivity index (χ0) is 15.0. The average Bonchev–Trinajstić information content (AvgIpc) is 2.50. The Hall–Kier alpha value is -2.24. The van der Waals surface area contributed by atoms with E-state index in [2.05, 4.69) is 5.32 Å². The van der Waals surface area contributed by atoms with Gasteiger partial charge in [0.05, 0.1) is 0 Å². The van der Waals surface area contributed by atoms with Crippen LogP contribution < -0.4 is 19.7 Å². The van der Waals surface area contributed by atoms with Crippen molar-refractivity contribution in [2.45, 2.75) is 32.4 Å². The summed E-state index contributed by atoms with van der Waals surface area (Å²) in [6.45, 7) is 4.58. The summed E-state index contributed by atoms with van der Waals surface area (Å²) in [5, 5.41) is 2.71. The van der Waals surface area contributed by atoms with Crippen molar-refractivity contribution in [1.29, 1.82) is 0 Å². The van der Waals surface area contributed by atoms with Gasteiger partial charge in [-0.25, -0.2) is 0 Å². The number of ether oxygens (including phenoxy) is 2. The van der Waals surface area contributed by atoms with Crippen LogP contribution in [0.2, 0.25) is 0 Å². The molecule has 0 aliphatic carbocycles. The summed E-state index contributed by atoms with van der Waals surface area (Å²) in [6.07, 6.45) is 0.554. The lowest BCUT2D eigenvalue weighted by atomic mass is 10.0. The molecule has 1 aromatic rings. The number of rotatable bonds is 2. The summed E-state index contributed by atoms with van der Waals surface area (Å²) in [6, 6.07) is 4.32. The van der Waals surface area contributed by atoms with Crippen LogP contribution >= 0.6 is 0 Å². The van der Waals surface area contributed by atoms with Gasteiger partial charge in [-0.3, -0.25) is 14.5 Å². The fourth-order valence-corrected chi connectivity index (χ4v) is 2.71. The molecular formula is C15H18N2O4. The molecule has 1 N–H and O–H groups in total. The maximum Gasteiger partial charge on any atom is 0.250 e. The first kappa shape index (κ1) is 13.7. The minimum Gasteiger partial charge on any atom is -0.486 e. The van der Waals surface area contributed by atoms with Gasteiger partial charge in [0.25, 0.3) is 0 Å². The zero-order valence-electron chi connectivity index (χ0n) is 12.1. The van der Waals surface area contributed by atoms with Crippen molar-refractivity contribution in [3.05, 3.63) is 18.2 Å². The molecule has 6 nitrogen and oxygen atoms in total. The van der Waals surface area contributed by atoms with E-state index in [0.29, 0.717) is 36.8 Å². The molecule has 6 heteroatoms. The van der Waals surface area contributed by atoms with E-state index >= 15 is 0 Å². The Morgan fingerprint density at radius 1 is 1.24 bits per heavy atom. The van der Waals surface area contributed by atoms with Crippen LogP contribution in [0.3, 0.4) is 0 Å². The molecule has 2 aliphatic rings. The molecule has 0 bridgehead atoms. The van der Waals surface area contributed by atoms with E-state index in [-0.39, 0.29) is 11.8 Å². The number of hydrogen-bond acceptors (Lipinski definition) is 4. The van der Waals surface area contributed by atoms with E-state index in [9.17, 15) is 9.59 Å². The molecule has 2 aliphatic heterocycles. The molecule has 0 saturated carbocycles. The standard InChI is InChI=1S/C15H18N2O4/c1-3-11-14(18)16-9(2)15(19)17(11)10-4-5-12-13(8-10)21-7-6-20-12/h4-5,8-9,11H,3,6-7H2,1-2H3,(H,16,18). The van der Waals surface area contributed by atoms with Gasteiger partial charge in [-0.2, -0.15) is 0 Å². The Morgan fingerprint density at radius 2 is 1.95 bits per heavy atom. The van der Waals surface area contributed by atoms with Gasteiger partial charge in [0.2, 0.25) is 11.8 Å². The molecule has 2 unspecified atom stereocenters. The van der Waals surface area contributed by atoms with E-state index < -0.39 is 12.1 Å². The van der Waals surface area contributed by atoms with Crippen LogP contribution in [0.1, 0.15) is 20.3 Å². The minimum atomic E-state index is -0.520. The van der Waals surface area contributed by atoms with Crippen molar-refractivity contribution in [3.8, 4) is 11.5 Å². The number of hydrogen-bond donors (Lipinski definition) is 1. The van der Waals surface area contributed by atoms with Crippen LogP contribution in [0.15, 0.2) is 18.2 Å². The number of nitrogens with zero attached hydrogens (tertiary/aromatic N) is 1. The summed E-state index contributed by atoms with van der Waals surface area (Å²) in [4.78, 5) is 26.1. The smallest absolute Gasteiger partial charge is 0.250 e. The van der Waals surface area contributed by atoms with Gasteiger partial charge in [-0.1, -0.05) is 6.92 Å². The van der Waals surface area contributed by atoms with Crippen molar-refractivity contribution >= 4 is 17.5 Å². The number of benzene rings is 1. The molecule has 3 rings (SSSR count). The normalized spacial score (nSPS) is 24.8. The molecule has 2 amide bonds. The largest absolute Gasteiger partial charge is 0.486 e. The molecule has 0 aromatic heterocycles. The predicted octanol–water partition coefficient (Wildman–Crippen LogP) is 1.09. The third-order valence-electron chi connectivity index (χ3n) is 3.77. The lowest BCUT2D eigenvalue weighted by molar-refractivity contribution is -0.133. The summed E-state index contributed by atoms with van der Waals surface area (Å²) in [5.41, 5.74) is 0.665. The van der Waals surface area contributed by atoms with Crippen LogP contribution in [-0.2, 0) is 9.59 Å². The summed E-state index contributed by atoms with van der Waals surface area (Å²) in [7, 11) is 0. The SMILES string of the molecule is CCC1C(=O)NC(C)C(=O)N1c1ccc2c(c1)OCCO2. The number of carbonyl (C=O) groups is 2. The van der Waals surface area contributed by atoms with Crippen molar-refractivity contribution in [2.75, 3.05) is 18.1 Å². The first-order valence-electron chi connectivity index (χ1n) is 7.15. The van der Waals surface area contributed by atoms with Gasteiger partial charge in [0, 0.05) is 11.8 Å². The van der Waals surface area contributed by atoms with Gasteiger partial charge < -0.3 is 14.8 Å². The third-order valence-corrected chi connectivity index (χ3v) is 3.77. The van der Waals surface area contributed by atoms with E-state index in [1.165, 1.54) is 0 Å². The van der Waals surface area contributed by atoms with Crippen molar-refractivity contribution in [2.24, 2.45) is 0 Å². The van der Waals surface area contributed by atoms with Gasteiger partial charge in [-0.15, -0.1) is 0 Å². The second kappa shape index (κ2) is 5.27. The fourth-order valence-electron chi connectivity index (χ4n) is 2.71. The highest BCUT2D eigenvalue weighted by Crippen LogP contribution is 2.35. The zero-order valence-corrected chi connectivity index (χ0v) is 12.1. The molecule has 2 atom stereocenters. The Kier molecular flexibility index (Phi) is 3.45. The maximum absolute atomic E-state index is 12.4. The molecule has 1 fully saturated rings. The maximum atomic E-state index is 12.4. The Bertz CT molecular complexity index is 587. The van der Waals surface area contributed by atoms with Crippen molar-refractivity contribution in [1.82, 2.24) is 5.32 Å². The number of nitrogens with one attached hydrogen (secondary N) is 1. The topological polar surface area (TPSA) is 67.9 Å². The van der Waals surface area contributed by atoms with Crippen molar-refractivity contribution in [3.63, 3.8) is 0 Å². The predicted molar refractivity (Wildman–Crippen MR) is 76.6 cm³/mol. The van der Waals surface area contributed by atoms with Gasteiger partial charge in [0.15, 0.2) is 11.5 Å². The van der Waals surface area contributed by atoms with E-state index in [0.717, 1.165) is 0 Å². The highest BCUT2D eigenvalue weighted by molar-refractivity contribution is 6.08. The Labute approximate surface area is 123 Å². The Morgan fingerprint density at radius 3 is 2.67 bits per heavy atom. The van der Waals surface area contributed by atoms with Crippen LogP contribution in [0.4, 0.5) is 5.69 Å². The van der Waals surface area contributed by atoms with Gasteiger partial charge >= 0.3 is 0 Å². The molecule has 2 heterocycles. The van der Waals surface area contributed by atoms with Crippen molar-refractivity contribution < 1.29 is 19.1 Å². The average molecular weight is 290 g/mol. The lowest BCUT2D eigenvalue weighted by Gasteiger charge is -2.37. The van der Waals surface area contributed by atoms with Gasteiger partial charge in [0.1, 0.15) is 25.3 Å². The number of amides is 2. The van der Waals surface area contributed by atoms with Crippen LogP contribution in [0, 0.1) is 0 Å². The molecule has 112 valence electrons. The summed E-state index contributed by atoms with van der Waals surface area (Å²) in [5.74, 6) is 1.04. The van der Waals surface area contributed by atoms with E-state index in [1.807, 2.05) is 6.92 Å². The molecule has 1 saturated heterocycles. The molecule has 1 aromatic carbocycles. The number of anilines is 1. The van der Waals surface area contributed by atoms with Crippen LogP contribution in [-0.4, -0.2) is 37.1 Å². The first-order valence-corrected chi connectivity index (χ1v) is 7.15. The fraction of sp³-hybridized carbons (Fsp3) is 0.467. The highest BCUT2D eigenvalue weighted by atomic mass is 16.6. The van der Waals surface area contributed by atoms with E-state index in [1.54, 1.807) is 30.0 Å². The van der Waals surface area contributed by atoms with Crippen LogP contribution in [0.5, 0.6) is 11.5 Å². The summed E-state index contributed by atoms with van der Waals surface area (Å²) < 4.78 is 11.0. The van der Waals surface area contributed by atoms with Crippen LogP contribution in [0.25, 0.3) is 0 Å². The summed E-state index contributed by atoms with van der Waals surface area (Å²) >= 11 is 0. The molecule has 0 radical (unpaired) electrons. The lowest BCUT2D eigenvalue weighted by Crippen LogP contribution is -2.62. The monoisotopic (exact) mass is 290 g/mol. The highest BCUT2D eigenvalue weighted by Gasteiger charge is 2.38. The minimum absolute atomic E-state index is 0.113. The molecule has 0 spiro atoms. The second-order valence-corrected chi connectivity index (χ2v) is 5.19. The first-order chi connectivity index (χ1) is 10.1. The second-order valence-electron chi connectivity index (χ2n) is 5.19. The molecular weight excluding hydrogens is 272 g/mol. The number of piperazine rings is 1. The number of carbonyl (C=O) groups excluding carboxylic acids is 2. The van der Waals surface area contributed by atoms with Gasteiger partial charge in [-0.05, 0) is 25.5 Å². The molecule has 21 heavy (non-hydrogen) atoms. The quantitative estimate of drug-likeness (QED) is 0.885. The number of fused-ring (bicyclic) bond motifs is 1. The Balaban J connectivity index is 1.99. The third kappa shape index (κ3) is 2.30.